The van der Waals surface area contributed by atoms with Gasteiger partial charge in [-0.1, -0.05) is 72.4 Å². The van der Waals surface area contributed by atoms with Crippen LogP contribution in [0.2, 0.25) is 0 Å². The molecule has 2 aromatic carbocycles. The van der Waals surface area contributed by atoms with Gasteiger partial charge < -0.3 is 0 Å². The molecule has 5 rings (SSSR count). The van der Waals surface area contributed by atoms with Crippen LogP contribution in [0.25, 0.3) is 21.7 Å². The maximum Gasteiger partial charge on any atom is 0.276 e. The van der Waals surface area contributed by atoms with Gasteiger partial charge in [0.15, 0.2) is 5.13 Å². The van der Waals surface area contributed by atoms with Crippen molar-refractivity contribution in [3.63, 3.8) is 0 Å². The second kappa shape index (κ2) is 7.89. The first-order valence-electron chi connectivity index (χ1n) is 9.64. The topological polar surface area (TPSA) is 54.9 Å². The minimum absolute atomic E-state index is 0.230. The lowest BCUT2D eigenvalue weighted by Gasteiger charge is -2.25. The van der Waals surface area contributed by atoms with Gasteiger partial charge in [0.25, 0.3) is 5.91 Å². The smallest absolute Gasteiger partial charge is 0.276 e. The Morgan fingerprint density at radius 2 is 1.79 bits per heavy atom. The van der Waals surface area contributed by atoms with E-state index in [9.17, 15) is 4.79 Å². The molecule has 0 spiro atoms. The van der Waals surface area contributed by atoms with E-state index in [1.165, 1.54) is 47.5 Å². The number of amides is 1. The lowest BCUT2D eigenvalue weighted by Crippen LogP contribution is -2.11. The van der Waals surface area contributed by atoms with Gasteiger partial charge in [0.2, 0.25) is 0 Å². The highest BCUT2D eigenvalue weighted by atomic mass is 32.1. The maximum absolute atomic E-state index is 12.4. The van der Waals surface area contributed by atoms with Gasteiger partial charge in [-0.25, -0.2) is 9.97 Å². The van der Waals surface area contributed by atoms with Crippen LogP contribution in [0.4, 0.5) is 5.13 Å². The molecule has 2 aromatic heterocycles. The number of carbonyl (C=O) groups is 1. The van der Waals surface area contributed by atoms with Crippen LogP contribution >= 0.6 is 22.7 Å². The Morgan fingerprint density at radius 3 is 2.45 bits per heavy atom. The van der Waals surface area contributed by atoms with Crippen molar-refractivity contribution in [1.82, 2.24) is 9.97 Å². The fraction of sp³-hybridized carbons (Fsp3) is 0.174. The number of thiazole rings is 2. The molecule has 0 unspecified atom stereocenters. The van der Waals surface area contributed by atoms with Crippen LogP contribution in [0.15, 0.2) is 65.5 Å². The van der Waals surface area contributed by atoms with Gasteiger partial charge in [0, 0.05) is 10.9 Å². The zero-order valence-electron chi connectivity index (χ0n) is 15.7. The summed E-state index contributed by atoms with van der Waals surface area (Å²) in [6.45, 7) is 0. The molecule has 144 valence electrons. The SMILES string of the molecule is O=C(Nc1nc(-c2ccc(C3CCC3)cc2)c(-c2ccccc2)s1)c1cscn1. The van der Waals surface area contributed by atoms with Crippen molar-refractivity contribution in [2.45, 2.75) is 25.2 Å². The summed E-state index contributed by atoms with van der Waals surface area (Å²) >= 11 is 2.89. The number of aromatic nitrogens is 2. The zero-order chi connectivity index (χ0) is 19.6. The number of carbonyl (C=O) groups excluding carboxylic acids is 1. The second-order valence-corrected chi connectivity index (χ2v) is 8.86. The summed E-state index contributed by atoms with van der Waals surface area (Å²) in [7, 11) is 0. The molecule has 0 atom stereocenters. The average molecular weight is 418 g/mol. The number of nitrogens with zero attached hydrogens (tertiary/aromatic N) is 2. The van der Waals surface area contributed by atoms with E-state index in [4.69, 9.17) is 4.98 Å². The fourth-order valence-corrected chi connectivity index (χ4v) is 5.02. The van der Waals surface area contributed by atoms with Crippen molar-refractivity contribution < 1.29 is 4.79 Å². The van der Waals surface area contributed by atoms with Crippen LogP contribution in [0.3, 0.4) is 0 Å². The Bertz CT molecular complexity index is 1110. The van der Waals surface area contributed by atoms with Crippen molar-refractivity contribution in [3.8, 4) is 21.7 Å². The van der Waals surface area contributed by atoms with Crippen molar-refractivity contribution in [2.24, 2.45) is 0 Å². The number of rotatable bonds is 5. The third-order valence-corrected chi connectivity index (χ3v) is 6.92. The predicted octanol–water partition coefficient (Wildman–Crippen LogP) is 6.45. The van der Waals surface area contributed by atoms with Crippen molar-refractivity contribution in [1.29, 1.82) is 0 Å². The number of nitrogens with one attached hydrogen (secondary N) is 1. The van der Waals surface area contributed by atoms with Gasteiger partial charge in [-0.15, -0.1) is 11.3 Å². The molecule has 1 aliphatic rings. The summed E-state index contributed by atoms with van der Waals surface area (Å²) in [5, 5.41) is 5.23. The molecule has 4 aromatic rings. The minimum Gasteiger partial charge on any atom is -0.296 e. The van der Waals surface area contributed by atoms with Gasteiger partial charge in [0.05, 0.1) is 16.1 Å². The van der Waals surface area contributed by atoms with E-state index in [1.54, 1.807) is 10.9 Å². The van der Waals surface area contributed by atoms with E-state index < -0.39 is 0 Å². The van der Waals surface area contributed by atoms with Gasteiger partial charge in [0.1, 0.15) is 5.69 Å². The number of hydrogen-bond donors (Lipinski definition) is 1. The summed E-state index contributed by atoms with van der Waals surface area (Å²) < 4.78 is 0. The molecule has 29 heavy (non-hydrogen) atoms. The zero-order valence-corrected chi connectivity index (χ0v) is 17.3. The van der Waals surface area contributed by atoms with E-state index in [2.05, 4.69) is 46.7 Å². The van der Waals surface area contributed by atoms with Crippen molar-refractivity contribution in [2.75, 3.05) is 5.32 Å². The molecule has 1 aliphatic carbocycles. The van der Waals surface area contributed by atoms with Crippen molar-refractivity contribution >= 4 is 33.7 Å². The summed E-state index contributed by atoms with van der Waals surface area (Å²) in [5.74, 6) is 0.479. The first-order chi connectivity index (χ1) is 14.3. The van der Waals surface area contributed by atoms with E-state index in [-0.39, 0.29) is 5.91 Å². The fourth-order valence-electron chi connectivity index (χ4n) is 3.49. The van der Waals surface area contributed by atoms with Crippen LogP contribution in [-0.4, -0.2) is 15.9 Å². The Hall–Kier alpha value is -2.83. The summed E-state index contributed by atoms with van der Waals surface area (Å²) in [5.41, 5.74) is 6.54. The molecule has 0 radical (unpaired) electrons. The van der Waals surface area contributed by atoms with Crippen molar-refractivity contribution in [3.05, 3.63) is 76.7 Å². The highest BCUT2D eigenvalue weighted by Gasteiger charge is 2.21. The van der Waals surface area contributed by atoms with Crippen LogP contribution in [-0.2, 0) is 0 Å². The first-order valence-corrected chi connectivity index (χ1v) is 11.4. The monoisotopic (exact) mass is 417 g/mol. The largest absolute Gasteiger partial charge is 0.296 e. The Labute approximate surface area is 177 Å². The predicted molar refractivity (Wildman–Crippen MR) is 120 cm³/mol. The molecule has 1 amide bonds. The quantitative estimate of drug-likeness (QED) is 0.406. The highest BCUT2D eigenvalue weighted by Crippen LogP contribution is 2.41. The normalized spacial score (nSPS) is 13.8. The third-order valence-electron chi connectivity index (χ3n) is 5.31. The summed E-state index contributed by atoms with van der Waals surface area (Å²) in [4.78, 5) is 22.3. The van der Waals surface area contributed by atoms with Gasteiger partial charge >= 0.3 is 0 Å². The lowest BCUT2D eigenvalue weighted by atomic mass is 9.80. The molecule has 2 heterocycles. The standard InChI is InChI=1S/C23H19N3OS2/c27-22(19-13-28-14-24-19)26-23-25-20(21(29-23)18-5-2-1-3-6-18)17-11-9-16(10-12-17)15-7-4-8-15/h1-3,5-6,9-15H,4,7-8H2,(H,25,26,27). The lowest BCUT2D eigenvalue weighted by molar-refractivity contribution is 0.102. The third kappa shape index (κ3) is 3.73. The molecular formula is C23H19N3OS2. The maximum atomic E-state index is 12.4. The number of hydrogen-bond acceptors (Lipinski definition) is 5. The van der Waals surface area contributed by atoms with Gasteiger partial charge in [-0.05, 0) is 29.9 Å². The van der Waals surface area contributed by atoms with E-state index >= 15 is 0 Å². The highest BCUT2D eigenvalue weighted by molar-refractivity contribution is 7.19. The second-order valence-electron chi connectivity index (χ2n) is 7.14. The Morgan fingerprint density at radius 1 is 1.00 bits per heavy atom. The Balaban J connectivity index is 1.50. The van der Waals surface area contributed by atoms with E-state index in [1.807, 2.05) is 18.2 Å². The molecule has 1 fully saturated rings. The van der Waals surface area contributed by atoms with Crippen LogP contribution in [0.5, 0.6) is 0 Å². The summed E-state index contributed by atoms with van der Waals surface area (Å²) in [6, 6.07) is 18.9. The van der Waals surface area contributed by atoms with E-state index in [0.29, 0.717) is 16.7 Å². The molecule has 6 heteroatoms. The van der Waals surface area contributed by atoms with Gasteiger partial charge in [-0.2, -0.15) is 0 Å². The van der Waals surface area contributed by atoms with Crippen LogP contribution < -0.4 is 5.32 Å². The van der Waals surface area contributed by atoms with Gasteiger partial charge in [-0.3, -0.25) is 10.1 Å². The molecular weight excluding hydrogens is 398 g/mol. The van der Waals surface area contributed by atoms with Crippen LogP contribution in [0, 0.1) is 0 Å². The average Bonchev–Trinajstić information content (AvgIpc) is 3.38. The van der Waals surface area contributed by atoms with E-state index in [0.717, 1.165) is 21.7 Å². The molecule has 1 saturated carbocycles. The van der Waals surface area contributed by atoms with Crippen LogP contribution in [0.1, 0.15) is 41.2 Å². The molecule has 0 aliphatic heterocycles. The minimum atomic E-state index is -0.230. The number of anilines is 1. The molecule has 0 bridgehead atoms. The molecule has 0 saturated heterocycles. The Kier molecular flexibility index (Phi) is 4.96. The number of benzene rings is 2. The molecule has 1 N–H and O–H groups in total. The first kappa shape index (κ1) is 18.2. The molecule has 4 nitrogen and oxygen atoms in total. The summed E-state index contributed by atoms with van der Waals surface area (Å²) in [6.07, 6.45) is 3.91.